The second kappa shape index (κ2) is 22.2. The van der Waals surface area contributed by atoms with Crippen molar-refractivity contribution in [3.63, 3.8) is 0 Å². The van der Waals surface area contributed by atoms with E-state index in [4.69, 9.17) is 9.47 Å². The molecular weight excluding hydrogens is 601 g/mol. The molecule has 0 aromatic rings. The van der Waals surface area contributed by atoms with Gasteiger partial charge in [0.1, 0.15) is 6.10 Å². The van der Waals surface area contributed by atoms with Gasteiger partial charge in [0, 0.05) is 6.42 Å². The van der Waals surface area contributed by atoms with Crippen LogP contribution >= 0.6 is 0 Å². The zero-order chi connectivity index (χ0) is 34.8. The normalized spacial score (nSPS) is 30.7. The molecule has 0 aliphatic heterocycles. The SMILES string of the molecule is CCCCCCCCCCCCCCCCCCOC(=O)OC1CCC2(C)C(=CCC3C2CCC2(C)C(CCCCCCCC)CCC32)C1. The topological polar surface area (TPSA) is 35.5 Å². The molecule has 7 unspecified atom stereocenters. The third kappa shape index (κ3) is 12.3. The van der Waals surface area contributed by atoms with Crippen molar-refractivity contribution in [2.24, 2.45) is 34.5 Å². The Bertz CT molecular complexity index is 941. The van der Waals surface area contributed by atoms with Crippen LogP contribution in [0.5, 0.6) is 0 Å². The number of hydrogen-bond acceptors (Lipinski definition) is 3. The fourth-order valence-electron chi connectivity index (χ4n) is 11.5. The van der Waals surface area contributed by atoms with Gasteiger partial charge < -0.3 is 9.47 Å². The van der Waals surface area contributed by atoms with Gasteiger partial charge in [-0.2, -0.15) is 0 Å². The summed E-state index contributed by atoms with van der Waals surface area (Å²) in [6.07, 6.45) is 44.0. The molecule has 4 rings (SSSR count). The lowest BCUT2D eigenvalue weighted by molar-refractivity contribution is -0.0563. The minimum atomic E-state index is -0.431. The molecule has 4 aliphatic carbocycles. The zero-order valence-corrected chi connectivity index (χ0v) is 33.3. The first-order valence-corrected chi connectivity index (χ1v) is 22.4. The highest BCUT2D eigenvalue weighted by molar-refractivity contribution is 5.60. The standard InChI is InChI=1S/C46H82O3/c1-5-7-9-11-13-14-15-16-17-18-19-20-21-22-24-26-36-48-44(47)49-40-32-34-46(4)39(37-40)28-30-41-42-31-29-38(27-25-23-12-10-8-6-2)45(42,3)35-33-43(41)46/h28,38,40-43H,5-27,29-37H2,1-4H3. The number of fused-ring (bicyclic) bond motifs is 5. The summed E-state index contributed by atoms with van der Waals surface area (Å²) in [6.45, 7) is 10.4. The van der Waals surface area contributed by atoms with Crippen molar-refractivity contribution in [2.45, 2.75) is 233 Å². The number of carbonyl (C=O) groups is 1. The quantitative estimate of drug-likeness (QED) is 0.0546. The highest BCUT2D eigenvalue weighted by Gasteiger charge is 2.58. The molecule has 3 nitrogen and oxygen atoms in total. The molecular formula is C46H82O3. The second-order valence-electron chi connectivity index (χ2n) is 18.0. The summed E-state index contributed by atoms with van der Waals surface area (Å²) in [5.74, 6) is 3.56. The molecule has 0 heterocycles. The first-order chi connectivity index (χ1) is 23.9. The lowest BCUT2D eigenvalue weighted by Gasteiger charge is -2.58. The van der Waals surface area contributed by atoms with E-state index in [1.165, 1.54) is 173 Å². The van der Waals surface area contributed by atoms with Crippen LogP contribution in [0.15, 0.2) is 11.6 Å². The maximum absolute atomic E-state index is 12.6. The van der Waals surface area contributed by atoms with Crippen molar-refractivity contribution in [3.8, 4) is 0 Å². The van der Waals surface area contributed by atoms with E-state index in [2.05, 4.69) is 33.8 Å². The van der Waals surface area contributed by atoms with Gasteiger partial charge in [0.25, 0.3) is 0 Å². The van der Waals surface area contributed by atoms with Crippen molar-refractivity contribution >= 4 is 6.16 Å². The molecule has 7 atom stereocenters. The van der Waals surface area contributed by atoms with Gasteiger partial charge in [0.2, 0.25) is 0 Å². The van der Waals surface area contributed by atoms with Crippen LogP contribution in [0, 0.1) is 34.5 Å². The molecule has 0 amide bonds. The van der Waals surface area contributed by atoms with Crippen molar-refractivity contribution < 1.29 is 14.3 Å². The molecule has 0 radical (unpaired) electrons. The minimum absolute atomic E-state index is 0.00351. The number of allylic oxidation sites excluding steroid dienone is 1. The summed E-state index contributed by atoms with van der Waals surface area (Å²) in [5, 5.41) is 0. The molecule has 284 valence electrons. The first kappa shape index (κ1) is 40.8. The molecule has 3 fully saturated rings. The van der Waals surface area contributed by atoms with E-state index in [1.54, 1.807) is 5.57 Å². The summed E-state index contributed by atoms with van der Waals surface area (Å²) in [4.78, 5) is 12.6. The van der Waals surface area contributed by atoms with Gasteiger partial charge in [-0.3, -0.25) is 0 Å². The molecule has 0 N–H and O–H groups in total. The van der Waals surface area contributed by atoms with Crippen LogP contribution < -0.4 is 0 Å². The van der Waals surface area contributed by atoms with Gasteiger partial charge in [0.15, 0.2) is 0 Å². The highest BCUT2D eigenvalue weighted by atomic mass is 16.7. The Labute approximate surface area is 305 Å². The van der Waals surface area contributed by atoms with Crippen LogP contribution in [0.2, 0.25) is 0 Å². The van der Waals surface area contributed by atoms with Gasteiger partial charge >= 0.3 is 6.16 Å². The first-order valence-electron chi connectivity index (χ1n) is 22.4. The van der Waals surface area contributed by atoms with Crippen LogP contribution in [0.1, 0.15) is 227 Å². The minimum Gasteiger partial charge on any atom is -0.434 e. The van der Waals surface area contributed by atoms with Crippen LogP contribution in [0.25, 0.3) is 0 Å². The Morgan fingerprint density at radius 1 is 0.653 bits per heavy atom. The molecule has 0 saturated heterocycles. The molecule has 3 saturated carbocycles. The summed E-state index contributed by atoms with van der Waals surface area (Å²) < 4.78 is 11.5. The fourth-order valence-corrected chi connectivity index (χ4v) is 11.5. The number of carbonyl (C=O) groups excluding carboxylic acids is 1. The molecule has 0 bridgehead atoms. The Morgan fingerprint density at radius 2 is 1.20 bits per heavy atom. The molecule has 0 aromatic carbocycles. The van der Waals surface area contributed by atoms with E-state index in [-0.39, 0.29) is 6.10 Å². The third-order valence-electron chi connectivity index (χ3n) is 14.6. The predicted octanol–water partition coefficient (Wildman–Crippen LogP) is 15.1. The van der Waals surface area contributed by atoms with Crippen molar-refractivity contribution in [1.82, 2.24) is 0 Å². The maximum atomic E-state index is 12.6. The number of rotatable bonds is 25. The molecule has 0 aromatic heterocycles. The van der Waals surface area contributed by atoms with Gasteiger partial charge in [-0.25, -0.2) is 4.79 Å². The predicted molar refractivity (Wildman–Crippen MR) is 209 cm³/mol. The van der Waals surface area contributed by atoms with E-state index in [0.717, 1.165) is 49.4 Å². The summed E-state index contributed by atoms with van der Waals surface area (Å²) >= 11 is 0. The van der Waals surface area contributed by atoms with Gasteiger partial charge in [-0.15, -0.1) is 0 Å². The third-order valence-corrected chi connectivity index (χ3v) is 14.6. The second-order valence-corrected chi connectivity index (χ2v) is 18.0. The smallest absolute Gasteiger partial charge is 0.434 e. The number of hydrogen-bond donors (Lipinski definition) is 0. The number of ether oxygens (including phenoxy) is 2. The summed E-state index contributed by atoms with van der Waals surface area (Å²) in [5.41, 5.74) is 2.47. The average molecular weight is 683 g/mol. The van der Waals surface area contributed by atoms with Crippen molar-refractivity contribution in [3.05, 3.63) is 11.6 Å². The Kier molecular flexibility index (Phi) is 18.4. The van der Waals surface area contributed by atoms with E-state index in [1.807, 2.05) is 0 Å². The van der Waals surface area contributed by atoms with Crippen molar-refractivity contribution in [1.29, 1.82) is 0 Å². The highest BCUT2D eigenvalue weighted by Crippen LogP contribution is 2.66. The summed E-state index contributed by atoms with van der Waals surface area (Å²) in [7, 11) is 0. The van der Waals surface area contributed by atoms with Crippen LogP contribution in [0.3, 0.4) is 0 Å². The molecule has 49 heavy (non-hydrogen) atoms. The monoisotopic (exact) mass is 683 g/mol. The Balaban J connectivity index is 1.05. The Hall–Kier alpha value is -0.990. The van der Waals surface area contributed by atoms with Crippen molar-refractivity contribution in [2.75, 3.05) is 6.61 Å². The lowest BCUT2D eigenvalue weighted by Crippen LogP contribution is -2.50. The average Bonchev–Trinajstić information content (AvgIpc) is 3.43. The van der Waals surface area contributed by atoms with Crippen LogP contribution in [-0.2, 0) is 9.47 Å². The van der Waals surface area contributed by atoms with E-state index >= 15 is 0 Å². The summed E-state index contributed by atoms with van der Waals surface area (Å²) in [6, 6.07) is 0. The molecule has 4 aliphatic rings. The van der Waals surface area contributed by atoms with Crippen LogP contribution in [-0.4, -0.2) is 18.9 Å². The lowest BCUT2D eigenvalue weighted by atomic mass is 9.47. The van der Waals surface area contributed by atoms with E-state index in [9.17, 15) is 4.79 Å². The Morgan fingerprint density at radius 3 is 1.80 bits per heavy atom. The van der Waals surface area contributed by atoms with E-state index in [0.29, 0.717) is 17.4 Å². The number of unbranched alkanes of at least 4 members (excludes halogenated alkanes) is 20. The largest absolute Gasteiger partial charge is 0.508 e. The zero-order valence-electron chi connectivity index (χ0n) is 33.3. The van der Waals surface area contributed by atoms with Gasteiger partial charge in [-0.1, -0.05) is 174 Å². The van der Waals surface area contributed by atoms with E-state index < -0.39 is 6.16 Å². The molecule has 0 spiro atoms. The van der Waals surface area contributed by atoms with Crippen LogP contribution in [0.4, 0.5) is 4.79 Å². The molecule has 3 heteroatoms. The van der Waals surface area contributed by atoms with Gasteiger partial charge in [-0.05, 0) is 92.3 Å². The van der Waals surface area contributed by atoms with Gasteiger partial charge in [0.05, 0.1) is 6.61 Å². The fraction of sp³-hybridized carbons (Fsp3) is 0.935. The maximum Gasteiger partial charge on any atom is 0.508 e.